The Morgan fingerprint density at radius 2 is 2.09 bits per heavy atom. The van der Waals surface area contributed by atoms with Gasteiger partial charge in [-0.3, -0.25) is 20.0 Å². The molecule has 2 rings (SSSR count). The first kappa shape index (κ1) is 15.5. The van der Waals surface area contributed by atoms with Crippen LogP contribution in [0.3, 0.4) is 0 Å². The van der Waals surface area contributed by atoms with Gasteiger partial charge < -0.3 is 10.6 Å². The van der Waals surface area contributed by atoms with Crippen molar-refractivity contribution in [3.05, 3.63) is 45.6 Å². The average Bonchev–Trinajstić information content (AvgIpc) is 2.95. The highest BCUT2D eigenvalue weighted by Crippen LogP contribution is 2.25. The molecule has 0 bridgehead atoms. The fourth-order valence-corrected chi connectivity index (χ4v) is 1.92. The molecule has 2 aromatic rings. The number of benzene rings is 1. The van der Waals surface area contributed by atoms with Crippen molar-refractivity contribution in [2.75, 3.05) is 17.7 Å². The summed E-state index contributed by atoms with van der Waals surface area (Å²) in [5, 5.41) is 23.2. The Morgan fingerprint density at radius 3 is 2.64 bits per heavy atom. The summed E-state index contributed by atoms with van der Waals surface area (Å²) >= 11 is 0. The van der Waals surface area contributed by atoms with E-state index in [2.05, 4.69) is 20.8 Å². The van der Waals surface area contributed by atoms with Crippen molar-refractivity contribution >= 4 is 23.1 Å². The summed E-state index contributed by atoms with van der Waals surface area (Å²) in [5.41, 5.74) is 1.29. The van der Waals surface area contributed by atoms with Crippen LogP contribution in [0.1, 0.15) is 35.8 Å². The van der Waals surface area contributed by atoms with Crippen LogP contribution < -0.4 is 10.6 Å². The molecule has 1 heterocycles. The van der Waals surface area contributed by atoms with Crippen molar-refractivity contribution in [2.45, 2.75) is 19.8 Å². The third kappa shape index (κ3) is 3.22. The molecule has 1 aromatic carbocycles. The first-order valence-electron chi connectivity index (χ1n) is 6.75. The number of rotatable bonds is 5. The minimum absolute atomic E-state index is 0.153. The minimum atomic E-state index is -0.534. The summed E-state index contributed by atoms with van der Waals surface area (Å²) < 4.78 is 0. The molecular formula is C14H17N5O3. The number of nitrogens with zero attached hydrogens (tertiary/aromatic N) is 2. The van der Waals surface area contributed by atoms with Gasteiger partial charge in [-0.25, -0.2) is 0 Å². The summed E-state index contributed by atoms with van der Waals surface area (Å²) in [6.45, 7) is 4.00. The number of anilines is 2. The highest BCUT2D eigenvalue weighted by molar-refractivity contribution is 6.04. The Labute approximate surface area is 127 Å². The molecule has 0 fully saturated rings. The van der Waals surface area contributed by atoms with Crippen molar-refractivity contribution in [2.24, 2.45) is 0 Å². The zero-order valence-electron chi connectivity index (χ0n) is 12.5. The Hall–Kier alpha value is -2.90. The number of hydrogen-bond donors (Lipinski definition) is 3. The van der Waals surface area contributed by atoms with Gasteiger partial charge in [-0.1, -0.05) is 13.8 Å². The third-order valence-corrected chi connectivity index (χ3v) is 3.19. The van der Waals surface area contributed by atoms with E-state index < -0.39 is 10.8 Å². The molecule has 116 valence electrons. The first-order chi connectivity index (χ1) is 10.4. The van der Waals surface area contributed by atoms with E-state index in [0.717, 1.165) is 5.69 Å². The minimum Gasteiger partial charge on any atom is -0.383 e. The number of aromatic nitrogens is 2. The fourth-order valence-electron chi connectivity index (χ4n) is 1.92. The normalized spacial score (nSPS) is 10.5. The summed E-state index contributed by atoms with van der Waals surface area (Å²) in [7, 11) is 1.58. The van der Waals surface area contributed by atoms with Crippen molar-refractivity contribution in [1.29, 1.82) is 0 Å². The van der Waals surface area contributed by atoms with Gasteiger partial charge in [0, 0.05) is 30.4 Å². The maximum absolute atomic E-state index is 12.2. The molecule has 0 saturated carbocycles. The standard InChI is InChI=1S/C14H17N5O3/c1-8(2)11-7-13(18-17-11)16-14(20)9-4-5-10(15-3)12(6-9)19(21)22/h4-8,15H,1-3H3,(H2,16,17,18,20). The SMILES string of the molecule is CNc1ccc(C(=O)Nc2cc(C(C)C)[nH]n2)cc1[N+](=O)[O-]. The van der Waals surface area contributed by atoms with Crippen LogP contribution in [-0.4, -0.2) is 28.1 Å². The molecule has 3 N–H and O–H groups in total. The molecule has 0 unspecified atom stereocenters. The van der Waals surface area contributed by atoms with Gasteiger partial charge in [0.05, 0.1) is 4.92 Å². The molecule has 0 aliphatic rings. The molecular weight excluding hydrogens is 286 g/mol. The number of carbonyl (C=O) groups is 1. The van der Waals surface area contributed by atoms with E-state index in [1.54, 1.807) is 13.1 Å². The lowest BCUT2D eigenvalue weighted by Gasteiger charge is -2.05. The third-order valence-electron chi connectivity index (χ3n) is 3.19. The zero-order chi connectivity index (χ0) is 16.3. The van der Waals surface area contributed by atoms with E-state index in [1.807, 2.05) is 13.8 Å². The van der Waals surface area contributed by atoms with E-state index in [0.29, 0.717) is 11.5 Å². The number of H-pyrrole nitrogens is 1. The smallest absolute Gasteiger partial charge is 0.293 e. The van der Waals surface area contributed by atoms with Crippen LogP contribution >= 0.6 is 0 Å². The molecule has 8 nitrogen and oxygen atoms in total. The molecule has 0 aliphatic carbocycles. The van der Waals surface area contributed by atoms with Crippen LogP contribution in [0.25, 0.3) is 0 Å². The van der Waals surface area contributed by atoms with Gasteiger partial charge in [-0.15, -0.1) is 0 Å². The first-order valence-corrected chi connectivity index (χ1v) is 6.75. The second-order valence-electron chi connectivity index (χ2n) is 5.06. The lowest BCUT2D eigenvalue weighted by molar-refractivity contribution is -0.384. The van der Waals surface area contributed by atoms with Crippen molar-refractivity contribution in [3.63, 3.8) is 0 Å². The van der Waals surface area contributed by atoms with E-state index in [4.69, 9.17) is 0 Å². The second-order valence-corrected chi connectivity index (χ2v) is 5.06. The van der Waals surface area contributed by atoms with Gasteiger partial charge in [-0.2, -0.15) is 5.10 Å². The predicted molar refractivity (Wildman–Crippen MR) is 83.3 cm³/mol. The van der Waals surface area contributed by atoms with Crippen LogP contribution in [0.4, 0.5) is 17.2 Å². The topological polar surface area (TPSA) is 113 Å². The Balaban J connectivity index is 2.22. The lowest BCUT2D eigenvalue weighted by atomic mass is 10.1. The molecule has 1 aromatic heterocycles. The van der Waals surface area contributed by atoms with E-state index in [1.165, 1.54) is 18.2 Å². The fraction of sp³-hybridized carbons (Fsp3) is 0.286. The zero-order valence-corrected chi connectivity index (χ0v) is 12.5. The molecule has 0 atom stereocenters. The molecule has 0 aliphatic heterocycles. The highest BCUT2D eigenvalue weighted by Gasteiger charge is 2.17. The van der Waals surface area contributed by atoms with Gasteiger partial charge in [0.1, 0.15) is 5.69 Å². The molecule has 0 spiro atoms. The Morgan fingerprint density at radius 1 is 1.36 bits per heavy atom. The molecule has 0 radical (unpaired) electrons. The quantitative estimate of drug-likeness (QED) is 0.580. The summed E-state index contributed by atoms with van der Waals surface area (Å²) in [5.74, 6) is 0.191. The van der Waals surface area contributed by atoms with Crippen LogP contribution in [0.15, 0.2) is 24.3 Å². The van der Waals surface area contributed by atoms with Crippen molar-refractivity contribution in [1.82, 2.24) is 10.2 Å². The van der Waals surface area contributed by atoms with E-state index >= 15 is 0 Å². The second kappa shape index (κ2) is 6.25. The summed E-state index contributed by atoms with van der Waals surface area (Å²) in [6, 6.07) is 5.98. The molecule has 8 heteroatoms. The number of amides is 1. The number of aromatic amines is 1. The molecule has 22 heavy (non-hydrogen) atoms. The average molecular weight is 303 g/mol. The maximum Gasteiger partial charge on any atom is 0.293 e. The van der Waals surface area contributed by atoms with Crippen molar-refractivity contribution in [3.8, 4) is 0 Å². The van der Waals surface area contributed by atoms with Crippen LogP contribution in [-0.2, 0) is 0 Å². The van der Waals surface area contributed by atoms with Gasteiger partial charge in [0.15, 0.2) is 5.82 Å². The van der Waals surface area contributed by atoms with Gasteiger partial charge in [0.25, 0.3) is 11.6 Å². The van der Waals surface area contributed by atoms with Crippen molar-refractivity contribution < 1.29 is 9.72 Å². The Bertz CT molecular complexity index is 708. The Kier molecular flexibility index (Phi) is 4.40. The molecule has 1 amide bonds. The lowest BCUT2D eigenvalue weighted by Crippen LogP contribution is -2.12. The van der Waals surface area contributed by atoms with Gasteiger partial charge in [0.2, 0.25) is 0 Å². The summed E-state index contributed by atoms with van der Waals surface area (Å²) in [6.07, 6.45) is 0. The number of hydrogen-bond acceptors (Lipinski definition) is 5. The number of nitro benzene ring substituents is 1. The summed E-state index contributed by atoms with van der Waals surface area (Å²) in [4.78, 5) is 22.6. The van der Waals surface area contributed by atoms with Crippen LogP contribution in [0.2, 0.25) is 0 Å². The van der Waals surface area contributed by atoms with Gasteiger partial charge >= 0.3 is 0 Å². The van der Waals surface area contributed by atoms with E-state index in [-0.39, 0.29) is 17.2 Å². The largest absolute Gasteiger partial charge is 0.383 e. The van der Waals surface area contributed by atoms with Gasteiger partial charge in [-0.05, 0) is 18.1 Å². The highest BCUT2D eigenvalue weighted by atomic mass is 16.6. The van der Waals surface area contributed by atoms with Crippen LogP contribution in [0, 0.1) is 10.1 Å². The number of nitro groups is 1. The number of nitrogens with one attached hydrogen (secondary N) is 3. The monoisotopic (exact) mass is 303 g/mol. The van der Waals surface area contributed by atoms with Crippen LogP contribution in [0.5, 0.6) is 0 Å². The molecule has 0 saturated heterocycles. The maximum atomic E-state index is 12.2. The predicted octanol–water partition coefficient (Wildman–Crippen LogP) is 2.74. The van der Waals surface area contributed by atoms with E-state index in [9.17, 15) is 14.9 Å². The number of carbonyl (C=O) groups excluding carboxylic acids is 1.